The van der Waals surface area contributed by atoms with Crippen molar-refractivity contribution >= 4 is 0 Å². The molecule has 2 unspecified atom stereocenters. The molecular weight excluding hydrogens is 198 g/mol. The van der Waals surface area contributed by atoms with Crippen LogP contribution in [0.25, 0.3) is 0 Å². The highest BCUT2D eigenvalue weighted by molar-refractivity contribution is 4.79. The van der Waals surface area contributed by atoms with Gasteiger partial charge in [-0.05, 0) is 31.6 Å². The summed E-state index contributed by atoms with van der Waals surface area (Å²) in [5, 5.41) is 3.79. The van der Waals surface area contributed by atoms with E-state index >= 15 is 0 Å². The lowest BCUT2D eigenvalue weighted by Crippen LogP contribution is -2.35. The summed E-state index contributed by atoms with van der Waals surface area (Å²) in [7, 11) is 0. The van der Waals surface area contributed by atoms with Crippen LogP contribution in [0, 0.1) is 5.92 Å². The van der Waals surface area contributed by atoms with E-state index in [0.717, 1.165) is 18.6 Å². The fraction of sp³-hybridized carbons (Fsp3) is 1.00. The van der Waals surface area contributed by atoms with Crippen molar-refractivity contribution < 1.29 is 4.74 Å². The maximum atomic E-state index is 5.74. The van der Waals surface area contributed by atoms with E-state index in [2.05, 4.69) is 12.2 Å². The lowest BCUT2D eigenvalue weighted by Gasteiger charge is -2.22. The molecule has 0 radical (unpaired) electrons. The second-order valence-corrected chi connectivity index (χ2v) is 5.46. The van der Waals surface area contributed by atoms with Gasteiger partial charge in [0.1, 0.15) is 0 Å². The van der Waals surface area contributed by atoms with Crippen molar-refractivity contribution in [2.24, 2.45) is 5.92 Å². The van der Waals surface area contributed by atoms with Crippen LogP contribution in [-0.2, 0) is 4.74 Å². The Morgan fingerprint density at radius 1 is 1.06 bits per heavy atom. The minimum absolute atomic E-state index is 0.526. The number of nitrogens with one attached hydrogen (secondary N) is 1. The van der Waals surface area contributed by atoms with Crippen LogP contribution in [0.2, 0.25) is 0 Å². The van der Waals surface area contributed by atoms with Crippen molar-refractivity contribution in [3.05, 3.63) is 0 Å². The third-order valence-electron chi connectivity index (χ3n) is 4.27. The minimum Gasteiger partial charge on any atom is -0.378 e. The van der Waals surface area contributed by atoms with Crippen molar-refractivity contribution in [2.75, 3.05) is 13.2 Å². The van der Waals surface area contributed by atoms with E-state index < -0.39 is 0 Å². The van der Waals surface area contributed by atoms with E-state index in [-0.39, 0.29) is 0 Å². The number of ether oxygens (including phenoxy) is 1. The van der Waals surface area contributed by atoms with Gasteiger partial charge < -0.3 is 10.1 Å². The van der Waals surface area contributed by atoms with Gasteiger partial charge in [-0.2, -0.15) is 0 Å². The summed E-state index contributed by atoms with van der Waals surface area (Å²) in [6.45, 7) is 4.41. The highest BCUT2D eigenvalue weighted by Crippen LogP contribution is 2.23. The van der Waals surface area contributed by atoms with Gasteiger partial charge in [0.25, 0.3) is 0 Å². The standard InChI is InChI=1S/C14H27NO/c1-2-14-12(9-10-16-14)11-15-13-7-5-3-4-6-8-13/h12-15H,2-11H2,1H3. The third-order valence-corrected chi connectivity index (χ3v) is 4.27. The number of rotatable bonds is 4. The van der Waals surface area contributed by atoms with Crippen molar-refractivity contribution in [3.63, 3.8) is 0 Å². The molecule has 1 heterocycles. The highest BCUT2D eigenvalue weighted by atomic mass is 16.5. The summed E-state index contributed by atoms with van der Waals surface area (Å²) in [6.07, 6.45) is 11.5. The van der Waals surface area contributed by atoms with Gasteiger partial charge in [-0.1, -0.05) is 32.6 Å². The molecule has 0 bridgehead atoms. The maximum Gasteiger partial charge on any atom is 0.0613 e. The fourth-order valence-electron chi connectivity index (χ4n) is 3.18. The second-order valence-electron chi connectivity index (χ2n) is 5.46. The van der Waals surface area contributed by atoms with Gasteiger partial charge in [0.05, 0.1) is 6.10 Å². The molecule has 1 aliphatic heterocycles. The Morgan fingerprint density at radius 2 is 1.81 bits per heavy atom. The molecule has 2 nitrogen and oxygen atoms in total. The van der Waals surface area contributed by atoms with E-state index in [9.17, 15) is 0 Å². The second kappa shape index (κ2) is 6.61. The smallest absolute Gasteiger partial charge is 0.0613 e. The van der Waals surface area contributed by atoms with Gasteiger partial charge in [-0.25, -0.2) is 0 Å². The molecule has 0 aromatic heterocycles. The first kappa shape index (κ1) is 12.4. The van der Waals surface area contributed by atoms with Gasteiger partial charge >= 0.3 is 0 Å². The number of hydrogen-bond donors (Lipinski definition) is 1. The Balaban J connectivity index is 1.69. The maximum absolute atomic E-state index is 5.74. The van der Waals surface area contributed by atoms with E-state index in [1.807, 2.05) is 0 Å². The fourth-order valence-corrected chi connectivity index (χ4v) is 3.18. The van der Waals surface area contributed by atoms with E-state index in [0.29, 0.717) is 6.10 Å². The van der Waals surface area contributed by atoms with Gasteiger partial charge in [0, 0.05) is 19.2 Å². The van der Waals surface area contributed by atoms with Crippen LogP contribution < -0.4 is 5.32 Å². The zero-order valence-electron chi connectivity index (χ0n) is 10.7. The molecular formula is C14H27NO. The van der Waals surface area contributed by atoms with Crippen LogP contribution in [0.4, 0.5) is 0 Å². The largest absolute Gasteiger partial charge is 0.378 e. The van der Waals surface area contributed by atoms with Crippen LogP contribution in [0.5, 0.6) is 0 Å². The zero-order chi connectivity index (χ0) is 11.2. The SMILES string of the molecule is CCC1OCCC1CNC1CCCCCC1. The van der Waals surface area contributed by atoms with Crippen LogP contribution in [0.3, 0.4) is 0 Å². The highest BCUT2D eigenvalue weighted by Gasteiger charge is 2.27. The molecule has 1 saturated carbocycles. The average Bonchev–Trinajstić information content (AvgIpc) is 2.60. The summed E-state index contributed by atoms with van der Waals surface area (Å²) < 4.78 is 5.74. The number of hydrogen-bond acceptors (Lipinski definition) is 2. The summed E-state index contributed by atoms with van der Waals surface area (Å²) in [5.74, 6) is 0.772. The third kappa shape index (κ3) is 3.46. The molecule has 16 heavy (non-hydrogen) atoms. The molecule has 1 aliphatic carbocycles. The molecule has 2 heteroatoms. The summed E-state index contributed by atoms with van der Waals surface area (Å²) in [4.78, 5) is 0. The van der Waals surface area contributed by atoms with Crippen LogP contribution in [0.1, 0.15) is 58.3 Å². The average molecular weight is 225 g/mol. The zero-order valence-corrected chi connectivity index (χ0v) is 10.7. The Morgan fingerprint density at radius 3 is 2.50 bits per heavy atom. The Labute approximate surface area is 100 Å². The molecule has 1 saturated heterocycles. The Kier molecular flexibility index (Phi) is 5.11. The molecule has 0 spiro atoms. The summed E-state index contributed by atoms with van der Waals surface area (Å²) in [5.41, 5.74) is 0. The molecule has 2 rings (SSSR count). The van der Waals surface area contributed by atoms with Crippen LogP contribution >= 0.6 is 0 Å². The molecule has 2 aliphatic rings. The lowest BCUT2D eigenvalue weighted by atomic mass is 9.98. The lowest BCUT2D eigenvalue weighted by molar-refractivity contribution is 0.0864. The first-order chi connectivity index (χ1) is 7.90. The van der Waals surface area contributed by atoms with Crippen molar-refractivity contribution in [1.29, 1.82) is 0 Å². The predicted octanol–water partition coefficient (Wildman–Crippen LogP) is 3.11. The van der Waals surface area contributed by atoms with Gasteiger partial charge in [-0.15, -0.1) is 0 Å². The van der Waals surface area contributed by atoms with Gasteiger partial charge in [0.2, 0.25) is 0 Å². The van der Waals surface area contributed by atoms with Crippen molar-refractivity contribution in [3.8, 4) is 0 Å². The van der Waals surface area contributed by atoms with E-state index in [1.54, 1.807) is 0 Å². The first-order valence-electron chi connectivity index (χ1n) is 7.25. The monoisotopic (exact) mass is 225 g/mol. The summed E-state index contributed by atoms with van der Waals surface area (Å²) >= 11 is 0. The molecule has 1 N–H and O–H groups in total. The van der Waals surface area contributed by atoms with Gasteiger partial charge in [0.15, 0.2) is 0 Å². The Hall–Kier alpha value is -0.0800. The van der Waals surface area contributed by atoms with Crippen molar-refractivity contribution in [1.82, 2.24) is 5.32 Å². The Bertz CT molecular complexity index is 187. The molecule has 0 aromatic rings. The minimum atomic E-state index is 0.526. The van der Waals surface area contributed by atoms with E-state index in [4.69, 9.17) is 4.74 Å². The normalized spacial score (nSPS) is 32.8. The molecule has 94 valence electrons. The van der Waals surface area contributed by atoms with Gasteiger partial charge in [-0.3, -0.25) is 0 Å². The first-order valence-corrected chi connectivity index (χ1v) is 7.25. The van der Waals surface area contributed by atoms with Crippen LogP contribution in [-0.4, -0.2) is 25.3 Å². The molecule has 0 aromatic carbocycles. The van der Waals surface area contributed by atoms with E-state index in [1.165, 1.54) is 57.9 Å². The van der Waals surface area contributed by atoms with Crippen molar-refractivity contribution in [2.45, 2.75) is 70.4 Å². The van der Waals surface area contributed by atoms with Crippen LogP contribution in [0.15, 0.2) is 0 Å². The molecule has 2 atom stereocenters. The topological polar surface area (TPSA) is 21.3 Å². The quantitative estimate of drug-likeness (QED) is 0.742. The molecule has 0 amide bonds. The molecule has 2 fully saturated rings. The summed E-state index contributed by atoms with van der Waals surface area (Å²) in [6, 6.07) is 0.792. The predicted molar refractivity (Wildman–Crippen MR) is 67.6 cm³/mol.